The Morgan fingerprint density at radius 2 is 1.95 bits per heavy atom. The summed E-state index contributed by atoms with van der Waals surface area (Å²) in [7, 11) is 2.09. The highest BCUT2D eigenvalue weighted by molar-refractivity contribution is 6.31. The highest BCUT2D eigenvalue weighted by Crippen LogP contribution is 2.18. The third kappa shape index (κ3) is 3.95. The monoisotopic (exact) mass is 280 g/mol. The van der Waals surface area contributed by atoms with Gasteiger partial charge in [-0.3, -0.25) is 4.79 Å². The molecular formula is C15H21ClN2O. The van der Waals surface area contributed by atoms with E-state index in [0.717, 1.165) is 48.7 Å². The molecule has 0 aromatic heterocycles. The van der Waals surface area contributed by atoms with Crippen molar-refractivity contribution >= 4 is 17.5 Å². The van der Waals surface area contributed by atoms with Crippen molar-refractivity contribution in [2.75, 3.05) is 33.2 Å². The van der Waals surface area contributed by atoms with E-state index < -0.39 is 0 Å². The average molecular weight is 281 g/mol. The first-order valence-electron chi connectivity index (χ1n) is 6.77. The molecule has 19 heavy (non-hydrogen) atoms. The van der Waals surface area contributed by atoms with Crippen LogP contribution < -0.4 is 0 Å². The Morgan fingerprint density at radius 3 is 2.58 bits per heavy atom. The average Bonchev–Trinajstić information content (AvgIpc) is 2.40. The molecule has 1 aromatic rings. The molecule has 1 amide bonds. The second-order valence-electron chi connectivity index (χ2n) is 5.27. The van der Waals surface area contributed by atoms with Gasteiger partial charge >= 0.3 is 0 Å². The van der Waals surface area contributed by atoms with E-state index in [1.807, 2.05) is 24.0 Å². The lowest BCUT2D eigenvalue weighted by Crippen LogP contribution is -2.47. The molecule has 0 saturated carbocycles. The zero-order valence-corrected chi connectivity index (χ0v) is 12.4. The summed E-state index contributed by atoms with van der Waals surface area (Å²) in [5, 5.41) is 0.782. The molecule has 4 heteroatoms. The number of nitrogens with zero attached hydrogens (tertiary/aromatic N) is 2. The van der Waals surface area contributed by atoms with Gasteiger partial charge in [0.2, 0.25) is 5.91 Å². The van der Waals surface area contributed by atoms with Crippen LogP contribution >= 0.6 is 11.6 Å². The van der Waals surface area contributed by atoms with Crippen molar-refractivity contribution in [3.05, 3.63) is 34.3 Å². The van der Waals surface area contributed by atoms with Crippen LogP contribution in [-0.2, 0) is 11.2 Å². The number of rotatable bonds is 3. The number of amides is 1. The van der Waals surface area contributed by atoms with Gasteiger partial charge in [-0.1, -0.05) is 23.7 Å². The summed E-state index contributed by atoms with van der Waals surface area (Å²) in [6.45, 7) is 5.64. The van der Waals surface area contributed by atoms with E-state index in [2.05, 4.69) is 18.0 Å². The number of carbonyl (C=O) groups excluding carboxylic acids is 1. The molecule has 0 spiro atoms. The molecule has 1 fully saturated rings. The van der Waals surface area contributed by atoms with Gasteiger partial charge in [-0.15, -0.1) is 0 Å². The maximum atomic E-state index is 12.1. The van der Waals surface area contributed by atoms with Crippen molar-refractivity contribution in [3.8, 4) is 0 Å². The van der Waals surface area contributed by atoms with Crippen molar-refractivity contribution in [2.24, 2.45) is 0 Å². The topological polar surface area (TPSA) is 23.6 Å². The number of carbonyl (C=O) groups is 1. The van der Waals surface area contributed by atoms with E-state index in [4.69, 9.17) is 11.6 Å². The Labute approximate surface area is 120 Å². The zero-order chi connectivity index (χ0) is 13.8. The Kier molecular flexibility index (Phi) is 4.83. The molecule has 1 saturated heterocycles. The first kappa shape index (κ1) is 14.4. The van der Waals surface area contributed by atoms with Crippen LogP contribution in [0.5, 0.6) is 0 Å². The summed E-state index contributed by atoms with van der Waals surface area (Å²) in [5.41, 5.74) is 2.22. The van der Waals surface area contributed by atoms with Crippen molar-refractivity contribution in [1.29, 1.82) is 0 Å². The summed E-state index contributed by atoms with van der Waals surface area (Å²) in [6, 6.07) is 6.03. The molecule has 0 unspecified atom stereocenters. The lowest BCUT2D eigenvalue weighted by Gasteiger charge is -2.32. The van der Waals surface area contributed by atoms with E-state index in [-0.39, 0.29) is 5.91 Å². The molecule has 0 atom stereocenters. The summed E-state index contributed by atoms with van der Waals surface area (Å²) in [4.78, 5) is 16.3. The minimum absolute atomic E-state index is 0.254. The lowest BCUT2D eigenvalue weighted by atomic mass is 10.1. The van der Waals surface area contributed by atoms with Gasteiger partial charge in [0, 0.05) is 37.6 Å². The largest absolute Gasteiger partial charge is 0.340 e. The Balaban J connectivity index is 1.84. The fourth-order valence-electron chi connectivity index (χ4n) is 2.26. The summed E-state index contributed by atoms with van der Waals surface area (Å²) < 4.78 is 0. The van der Waals surface area contributed by atoms with Crippen LogP contribution in [0.2, 0.25) is 5.02 Å². The van der Waals surface area contributed by atoms with Crippen molar-refractivity contribution < 1.29 is 4.79 Å². The highest BCUT2D eigenvalue weighted by Gasteiger charge is 2.18. The predicted octanol–water partition coefficient (Wildman–Crippen LogP) is 2.36. The van der Waals surface area contributed by atoms with Gasteiger partial charge in [0.15, 0.2) is 0 Å². The Hall–Kier alpha value is -1.06. The summed E-state index contributed by atoms with van der Waals surface area (Å²) >= 11 is 6.09. The molecule has 0 bridgehead atoms. The van der Waals surface area contributed by atoms with Gasteiger partial charge in [0.25, 0.3) is 0 Å². The fourth-order valence-corrected chi connectivity index (χ4v) is 2.46. The molecule has 2 rings (SSSR count). The van der Waals surface area contributed by atoms with E-state index in [9.17, 15) is 4.79 Å². The van der Waals surface area contributed by atoms with Crippen molar-refractivity contribution in [3.63, 3.8) is 0 Å². The molecule has 0 aliphatic carbocycles. The van der Waals surface area contributed by atoms with Gasteiger partial charge in [-0.2, -0.15) is 0 Å². The van der Waals surface area contributed by atoms with Crippen LogP contribution in [0.1, 0.15) is 17.5 Å². The Bertz CT molecular complexity index is 453. The molecule has 104 valence electrons. The molecule has 1 aliphatic heterocycles. The molecule has 0 radical (unpaired) electrons. The van der Waals surface area contributed by atoms with E-state index in [1.165, 1.54) is 0 Å². The van der Waals surface area contributed by atoms with Gasteiger partial charge in [0.05, 0.1) is 0 Å². The molecular weight excluding hydrogens is 260 g/mol. The SMILES string of the molecule is Cc1ccc(CCC(=O)N2CCN(C)CC2)cc1Cl. The third-order valence-corrected chi connectivity index (χ3v) is 4.13. The number of hydrogen-bond acceptors (Lipinski definition) is 2. The molecule has 3 nitrogen and oxygen atoms in total. The zero-order valence-electron chi connectivity index (χ0n) is 11.7. The first-order chi connectivity index (χ1) is 9.06. The first-order valence-corrected chi connectivity index (χ1v) is 7.15. The van der Waals surface area contributed by atoms with E-state index in [0.29, 0.717) is 6.42 Å². The van der Waals surface area contributed by atoms with Gasteiger partial charge in [-0.05, 0) is 37.6 Å². The quantitative estimate of drug-likeness (QED) is 0.849. The van der Waals surface area contributed by atoms with Crippen LogP contribution in [0.25, 0.3) is 0 Å². The minimum Gasteiger partial charge on any atom is -0.340 e. The minimum atomic E-state index is 0.254. The second kappa shape index (κ2) is 6.40. The third-order valence-electron chi connectivity index (χ3n) is 3.72. The second-order valence-corrected chi connectivity index (χ2v) is 5.67. The van der Waals surface area contributed by atoms with Crippen LogP contribution in [0.15, 0.2) is 18.2 Å². The molecule has 0 N–H and O–H groups in total. The lowest BCUT2D eigenvalue weighted by molar-refractivity contribution is -0.132. The number of likely N-dealkylation sites (N-methyl/N-ethyl adjacent to an activating group) is 1. The van der Waals surface area contributed by atoms with Crippen molar-refractivity contribution in [1.82, 2.24) is 9.80 Å². The fraction of sp³-hybridized carbons (Fsp3) is 0.533. The van der Waals surface area contributed by atoms with Crippen LogP contribution in [-0.4, -0.2) is 48.9 Å². The van der Waals surface area contributed by atoms with Gasteiger partial charge in [0.1, 0.15) is 0 Å². The maximum absolute atomic E-state index is 12.1. The normalized spacial score (nSPS) is 16.7. The number of aryl methyl sites for hydroxylation is 2. The molecule has 1 aliphatic rings. The summed E-state index contributed by atoms with van der Waals surface area (Å²) in [6.07, 6.45) is 1.34. The van der Waals surface area contributed by atoms with Crippen molar-refractivity contribution in [2.45, 2.75) is 19.8 Å². The standard InChI is InChI=1S/C15H21ClN2O/c1-12-3-4-13(11-14(12)16)5-6-15(19)18-9-7-17(2)8-10-18/h3-4,11H,5-10H2,1-2H3. The van der Waals surface area contributed by atoms with Crippen LogP contribution in [0, 0.1) is 6.92 Å². The number of halogens is 1. The van der Waals surface area contributed by atoms with Gasteiger partial charge in [-0.25, -0.2) is 0 Å². The maximum Gasteiger partial charge on any atom is 0.222 e. The predicted molar refractivity (Wildman–Crippen MR) is 78.6 cm³/mol. The van der Waals surface area contributed by atoms with Gasteiger partial charge < -0.3 is 9.80 Å². The molecule has 1 heterocycles. The van der Waals surface area contributed by atoms with E-state index in [1.54, 1.807) is 0 Å². The number of hydrogen-bond donors (Lipinski definition) is 0. The molecule has 1 aromatic carbocycles. The highest BCUT2D eigenvalue weighted by atomic mass is 35.5. The smallest absolute Gasteiger partial charge is 0.222 e. The van der Waals surface area contributed by atoms with E-state index >= 15 is 0 Å². The van der Waals surface area contributed by atoms with Crippen LogP contribution in [0.3, 0.4) is 0 Å². The Morgan fingerprint density at radius 1 is 1.26 bits per heavy atom. The summed E-state index contributed by atoms with van der Waals surface area (Å²) in [5.74, 6) is 0.254. The number of benzene rings is 1. The number of piperazine rings is 1. The van der Waals surface area contributed by atoms with Crippen LogP contribution in [0.4, 0.5) is 0 Å².